The minimum absolute atomic E-state index is 0.718. The lowest BCUT2D eigenvalue weighted by molar-refractivity contribution is 0.487. The summed E-state index contributed by atoms with van der Waals surface area (Å²) in [6.07, 6.45) is 1.70. The van der Waals surface area contributed by atoms with Crippen LogP contribution in [0.3, 0.4) is 0 Å². The van der Waals surface area contributed by atoms with Gasteiger partial charge in [0, 0.05) is 5.39 Å². The van der Waals surface area contributed by atoms with Gasteiger partial charge in [-0.05, 0) is 24.7 Å². The Balaban J connectivity index is 2.01. The van der Waals surface area contributed by atoms with E-state index in [4.69, 9.17) is 8.83 Å². The van der Waals surface area contributed by atoms with Crippen molar-refractivity contribution >= 4 is 11.0 Å². The van der Waals surface area contributed by atoms with E-state index in [1.165, 1.54) is 0 Å². The Morgan fingerprint density at radius 2 is 2.06 bits per heavy atom. The predicted molar refractivity (Wildman–Crippen MR) is 71.3 cm³/mol. The Labute approximate surface area is 105 Å². The van der Waals surface area contributed by atoms with Crippen molar-refractivity contribution in [2.24, 2.45) is 0 Å². The highest BCUT2D eigenvalue weighted by molar-refractivity contribution is 5.83. The van der Waals surface area contributed by atoms with Crippen LogP contribution in [0.15, 0.2) is 51.5 Å². The molecule has 3 rings (SSSR count). The molecule has 0 radical (unpaired) electrons. The SMILES string of the molecule is CCNCc1occc1-c1cc2ccccc2o1. The summed E-state index contributed by atoms with van der Waals surface area (Å²) in [6.45, 7) is 3.71. The summed E-state index contributed by atoms with van der Waals surface area (Å²) in [6, 6.07) is 12.0. The second-order valence-electron chi connectivity index (χ2n) is 4.19. The average molecular weight is 241 g/mol. The molecular weight excluding hydrogens is 226 g/mol. The zero-order chi connectivity index (χ0) is 12.4. The number of rotatable bonds is 4. The molecule has 3 aromatic rings. The highest BCUT2D eigenvalue weighted by Crippen LogP contribution is 2.30. The molecule has 3 heteroatoms. The molecule has 2 aromatic heterocycles. The van der Waals surface area contributed by atoms with Crippen LogP contribution in [-0.2, 0) is 6.54 Å². The van der Waals surface area contributed by atoms with Crippen LogP contribution in [0.1, 0.15) is 12.7 Å². The maximum Gasteiger partial charge on any atom is 0.138 e. The Bertz CT molecular complexity index is 618. The van der Waals surface area contributed by atoms with Crippen molar-refractivity contribution in [2.45, 2.75) is 13.5 Å². The fourth-order valence-corrected chi connectivity index (χ4v) is 2.05. The number of furan rings is 2. The number of fused-ring (bicyclic) bond motifs is 1. The van der Waals surface area contributed by atoms with Crippen molar-refractivity contribution in [2.75, 3.05) is 6.54 Å². The molecule has 92 valence electrons. The van der Waals surface area contributed by atoms with Gasteiger partial charge in [0.1, 0.15) is 17.1 Å². The van der Waals surface area contributed by atoms with Crippen molar-refractivity contribution in [1.29, 1.82) is 0 Å². The quantitative estimate of drug-likeness (QED) is 0.755. The first-order chi connectivity index (χ1) is 8.88. The Kier molecular flexibility index (Phi) is 2.90. The third-order valence-corrected chi connectivity index (χ3v) is 2.97. The van der Waals surface area contributed by atoms with E-state index in [9.17, 15) is 0 Å². The van der Waals surface area contributed by atoms with Crippen LogP contribution in [0.4, 0.5) is 0 Å². The first-order valence-corrected chi connectivity index (χ1v) is 6.14. The number of hydrogen-bond acceptors (Lipinski definition) is 3. The van der Waals surface area contributed by atoms with Gasteiger partial charge in [-0.1, -0.05) is 25.1 Å². The van der Waals surface area contributed by atoms with Crippen LogP contribution in [0.25, 0.3) is 22.3 Å². The maximum absolute atomic E-state index is 5.85. The first kappa shape index (κ1) is 11.1. The number of nitrogens with one attached hydrogen (secondary N) is 1. The summed E-state index contributed by atoms with van der Waals surface area (Å²) in [7, 11) is 0. The van der Waals surface area contributed by atoms with Gasteiger partial charge in [-0.2, -0.15) is 0 Å². The van der Waals surface area contributed by atoms with E-state index < -0.39 is 0 Å². The van der Waals surface area contributed by atoms with E-state index in [0.717, 1.165) is 41.1 Å². The standard InChI is InChI=1S/C15H15NO2/c1-2-16-10-15-12(7-8-17-15)14-9-11-5-3-4-6-13(11)18-14/h3-9,16H,2,10H2,1H3. The zero-order valence-corrected chi connectivity index (χ0v) is 10.3. The third-order valence-electron chi connectivity index (χ3n) is 2.97. The van der Waals surface area contributed by atoms with Gasteiger partial charge in [0.05, 0.1) is 18.4 Å². The van der Waals surface area contributed by atoms with Crippen molar-refractivity contribution in [1.82, 2.24) is 5.32 Å². The lowest BCUT2D eigenvalue weighted by Crippen LogP contribution is -2.11. The van der Waals surface area contributed by atoms with Gasteiger partial charge in [0.2, 0.25) is 0 Å². The summed E-state index contributed by atoms with van der Waals surface area (Å²) in [5.74, 6) is 1.77. The maximum atomic E-state index is 5.85. The molecule has 2 heterocycles. The van der Waals surface area contributed by atoms with Gasteiger partial charge in [-0.25, -0.2) is 0 Å². The Morgan fingerprint density at radius 3 is 2.89 bits per heavy atom. The van der Waals surface area contributed by atoms with Gasteiger partial charge in [-0.3, -0.25) is 0 Å². The molecule has 0 amide bonds. The minimum atomic E-state index is 0.718. The second-order valence-corrected chi connectivity index (χ2v) is 4.19. The highest BCUT2D eigenvalue weighted by Gasteiger charge is 2.12. The second kappa shape index (κ2) is 4.70. The molecule has 0 aliphatic rings. The molecule has 1 N–H and O–H groups in total. The summed E-state index contributed by atoms with van der Waals surface area (Å²) >= 11 is 0. The van der Waals surface area contributed by atoms with Crippen LogP contribution in [0.5, 0.6) is 0 Å². The van der Waals surface area contributed by atoms with E-state index in [-0.39, 0.29) is 0 Å². The monoisotopic (exact) mass is 241 g/mol. The molecule has 18 heavy (non-hydrogen) atoms. The topological polar surface area (TPSA) is 38.3 Å². The fraction of sp³-hybridized carbons (Fsp3) is 0.200. The van der Waals surface area contributed by atoms with Crippen LogP contribution in [0, 0.1) is 0 Å². The molecular formula is C15H15NO2. The van der Waals surface area contributed by atoms with Crippen molar-refractivity contribution < 1.29 is 8.83 Å². The summed E-state index contributed by atoms with van der Waals surface area (Å²) in [5, 5.41) is 4.37. The fourth-order valence-electron chi connectivity index (χ4n) is 2.05. The molecule has 0 aliphatic heterocycles. The predicted octanol–water partition coefficient (Wildman–Crippen LogP) is 3.80. The lowest BCUT2D eigenvalue weighted by atomic mass is 10.2. The highest BCUT2D eigenvalue weighted by atomic mass is 16.3. The molecule has 3 nitrogen and oxygen atoms in total. The van der Waals surface area contributed by atoms with Crippen molar-refractivity contribution in [3.8, 4) is 11.3 Å². The molecule has 1 aromatic carbocycles. The van der Waals surface area contributed by atoms with Crippen LogP contribution >= 0.6 is 0 Å². The first-order valence-electron chi connectivity index (χ1n) is 6.14. The van der Waals surface area contributed by atoms with E-state index in [2.05, 4.69) is 18.3 Å². The summed E-state index contributed by atoms with van der Waals surface area (Å²) < 4.78 is 11.3. The van der Waals surface area contributed by atoms with Gasteiger partial charge >= 0.3 is 0 Å². The van der Waals surface area contributed by atoms with Gasteiger partial charge in [0.15, 0.2) is 0 Å². The summed E-state index contributed by atoms with van der Waals surface area (Å²) in [4.78, 5) is 0. The largest absolute Gasteiger partial charge is 0.467 e. The van der Waals surface area contributed by atoms with E-state index in [1.807, 2.05) is 30.3 Å². The van der Waals surface area contributed by atoms with Crippen LogP contribution in [-0.4, -0.2) is 6.54 Å². The molecule has 0 bridgehead atoms. The van der Waals surface area contributed by atoms with Crippen molar-refractivity contribution in [3.05, 3.63) is 48.4 Å². The molecule has 0 spiro atoms. The van der Waals surface area contributed by atoms with E-state index >= 15 is 0 Å². The number of para-hydroxylation sites is 1. The van der Waals surface area contributed by atoms with Gasteiger partial charge in [-0.15, -0.1) is 0 Å². The molecule has 0 aliphatic carbocycles. The average Bonchev–Trinajstić information content (AvgIpc) is 3.01. The smallest absolute Gasteiger partial charge is 0.138 e. The third kappa shape index (κ3) is 1.93. The van der Waals surface area contributed by atoms with Crippen molar-refractivity contribution in [3.63, 3.8) is 0 Å². The molecule has 0 atom stereocenters. The number of benzene rings is 1. The van der Waals surface area contributed by atoms with Crippen LogP contribution < -0.4 is 5.32 Å². The Morgan fingerprint density at radius 1 is 1.17 bits per heavy atom. The zero-order valence-electron chi connectivity index (χ0n) is 10.3. The normalized spacial score (nSPS) is 11.2. The Hall–Kier alpha value is -2.00. The van der Waals surface area contributed by atoms with E-state index in [0.29, 0.717) is 0 Å². The number of hydrogen-bond donors (Lipinski definition) is 1. The summed E-state index contributed by atoms with van der Waals surface area (Å²) in [5.41, 5.74) is 1.93. The van der Waals surface area contributed by atoms with E-state index in [1.54, 1.807) is 6.26 Å². The van der Waals surface area contributed by atoms with Gasteiger partial charge in [0.25, 0.3) is 0 Å². The van der Waals surface area contributed by atoms with Crippen LogP contribution in [0.2, 0.25) is 0 Å². The van der Waals surface area contributed by atoms with Gasteiger partial charge < -0.3 is 14.2 Å². The molecule has 0 saturated carbocycles. The minimum Gasteiger partial charge on any atom is -0.467 e. The molecule has 0 fully saturated rings. The lowest BCUT2D eigenvalue weighted by Gasteiger charge is -2.00. The molecule has 0 saturated heterocycles. The molecule has 0 unspecified atom stereocenters.